The van der Waals surface area contributed by atoms with E-state index in [1.165, 1.54) is 6.20 Å². The van der Waals surface area contributed by atoms with E-state index in [0.717, 1.165) is 25.7 Å². The number of hydrogen-bond acceptors (Lipinski definition) is 8. The minimum atomic E-state index is -0.270. The topological polar surface area (TPSA) is 129 Å². The van der Waals surface area contributed by atoms with Crippen molar-refractivity contribution in [3.8, 4) is 22.8 Å². The predicted molar refractivity (Wildman–Crippen MR) is 133 cm³/mol. The van der Waals surface area contributed by atoms with Gasteiger partial charge in [-0.25, -0.2) is 14.6 Å². The molecule has 0 saturated carbocycles. The summed E-state index contributed by atoms with van der Waals surface area (Å²) in [6.07, 6.45) is 6.20. The third-order valence-electron chi connectivity index (χ3n) is 5.76. The van der Waals surface area contributed by atoms with Gasteiger partial charge in [0.05, 0.1) is 12.8 Å². The zero-order valence-corrected chi connectivity index (χ0v) is 21.0. The molecule has 1 amide bonds. The SMILES string of the molecule is CCOC(=O)CCCCCn1nc(-c2cccc(-c3ncc(C=O)o3)c2)nc1C(=O)NC(CC)CC. The average molecular weight is 496 g/mol. The zero-order chi connectivity index (χ0) is 25.9. The van der Waals surface area contributed by atoms with Gasteiger partial charge in [0.15, 0.2) is 17.9 Å². The number of carbonyl (C=O) groups is 3. The Morgan fingerprint density at radius 3 is 2.61 bits per heavy atom. The van der Waals surface area contributed by atoms with Crippen LogP contribution in [0.3, 0.4) is 0 Å². The van der Waals surface area contributed by atoms with Crippen LogP contribution in [0.4, 0.5) is 0 Å². The smallest absolute Gasteiger partial charge is 0.305 e. The van der Waals surface area contributed by atoms with Crippen molar-refractivity contribution in [3.63, 3.8) is 0 Å². The van der Waals surface area contributed by atoms with Gasteiger partial charge < -0.3 is 14.5 Å². The molecule has 0 aliphatic heterocycles. The summed E-state index contributed by atoms with van der Waals surface area (Å²) in [6, 6.07) is 7.33. The van der Waals surface area contributed by atoms with Gasteiger partial charge in [0.2, 0.25) is 11.7 Å². The van der Waals surface area contributed by atoms with Crippen molar-refractivity contribution in [2.75, 3.05) is 6.61 Å². The molecule has 0 bridgehead atoms. The minimum absolute atomic E-state index is 0.0519. The summed E-state index contributed by atoms with van der Waals surface area (Å²) < 4.78 is 12.0. The van der Waals surface area contributed by atoms with Crippen molar-refractivity contribution >= 4 is 18.2 Å². The number of carbonyl (C=O) groups excluding carboxylic acids is 3. The van der Waals surface area contributed by atoms with Crippen LogP contribution < -0.4 is 5.32 Å². The number of nitrogens with one attached hydrogen (secondary N) is 1. The second-order valence-corrected chi connectivity index (χ2v) is 8.35. The number of ether oxygens (including phenoxy) is 1. The average Bonchev–Trinajstić information content (AvgIpc) is 3.55. The maximum Gasteiger partial charge on any atom is 0.305 e. The van der Waals surface area contributed by atoms with Crippen molar-refractivity contribution in [2.24, 2.45) is 0 Å². The number of hydrogen-bond donors (Lipinski definition) is 1. The van der Waals surface area contributed by atoms with Gasteiger partial charge in [-0.1, -0.05) is 32.4 Å². The molecule has 3 rings (SSSR count). The molecule has 0 fully saturated rings. The van der Waals surface area contributed by atoms with Crippen molar-refractivity contribution in [1.29, 1.82) is 0 Å². The third kappa shape index (κ3) is 7.10. The summed E-state index contributed by atoms with van der Waals surface area (Å²) >= 11 is 0. The molecular formula is C26H33N5O5. The molecule has 36 heavy (non-hydrogen) atoms. The Labute approximate surface area is 210 Å². The molecule has 0 spiro atoms. The molecule has 1 aromatic carbocycles. The lowest BCUT2D eigenvalue weighted by atomic mass is 10.1. The lowest BCUT2D eigenvalue weighted by molar-refractivity contribution is -0.143. The number of nitrogens with zero attached hydrogens (tertiary/aromatic N) is 4. The third-order valence-corrected chi connectivity index (χ3v) is 5.76. The van der Waals surface area contributed by atoms with E-state index in [2.05, 4.69) is 20.4 Å². The number of aromatic nitrogens is 4. The van der Waals surface area contributed by atoms with Crippen molar-refractivity contribution in [3.05, 3.63) is 42.0 Å². The van der Waals surface area contributed by atoms with E-state index in [4.69, 9.17) is 9.15 Å². The maximum atomic E-state index is 13.1. The zero-order valence-electron chi connectivity index (χ0n) is 21.0. The van der Waals surface area contributed by atoms with Gasteiger partial charge in [0.1, 0.15) is 0 Å². The van der Waals surface area contributed by atoms with Gasteiger partial charge >= 0.3 is 5.97 Å². The van der Waals surface area contributed by atoms with Crippen LogP contribution >= 0.6 is 0 Å². The van der Waals surface area contributed by atoms with Gasteiger partial charge in [0, 0.05) is 30.1 Å². The molecule has 0 aliphatic carbocycles. The maximum absolute atomic E-state index is 13.1. The van der Waals surface area contributed by atoms with Gasteiger partial charge in [-0.15, -0.1) is 0 Å². The molecule has 10 nitrogen and oxygen atoms in total. The molecule has 3 aromatic rings. The van der Waals surface area contributed by atoms with Crippen LogP contribution in [0.5, 0.6) is 0 Å². The van der Waals surface area contributed by atoms with E-state index in [1.807, 2.05) is 38.1 Å². The molecule has 0 aliphatic rings. The van der Waals surface area contributed by atoms with Crippen LogP contribution in [0.1, 0.15) is 80.5 Å². The number of aryl methyl sites for hydroxylation is 1. The van der Waals surface area contributed by atoms with E-state index in [9.17, 15) is 14.4 Å². The van der Waals surface area contributed by atoms with E-state index >= 15 is 0 Å². The first-order valence-corrected chi connectivity index (χ1v) is 12.4. The number of unbranched alkanes of at least 4 members (excludes halogenated alkanes) is 2. The Hall–Kier alpha value is -3.82. The normalized spacial score (nSPS) is 11.0. The summed E-state index contributed by atoms with van der Waals surface area (Å²) in [5.41, 5.74) is 1.36. The van der Waals surface area contributed by atoms with Crippen molar-refractivity contribution in [1.82, 2.24) is 25.1 Å². The fourth-order valence-electron chi connectivity index (χ4n) is 3.74. The molecule has 0 radical (unpaired) electrons. The highest BCUT2D eigenvalue weighted by Gasteiger charge is 2.21. The Bertz CT molecular complexity index is 1170. The summed E-state index contributed by atoms with van der Waals surface area (Å²) in [5, 5.41) is 7.66. The van der Waals surface area contributed by atoms with Crippen molar-refractivity contribution in [2.45, 2.75) is 71.9 Å². The summed E-state index contributed by atoms with van der Waals surface area (Å²) in [6.45, 7) is 6.71. The molecule has 0 atom stereocenters. The Morgan fingerprint density at radius 2 is 1.92 bits per heavy atom. The lowest BCUT2D eigenvalue weighted by Crippen LogP contribution is -2.35. The molecule has 192 valence electrons. The van der Waals surface area contributed by atoms with Gasteiger partial charge in [-0.2, -0.15) is 5.10 Å². The van der Waals surface area contributed by atoms with Crippen LogP contribution in [-0.4, -0.2) is 50.6 Å². The molecule has 0 unspecified atom stereocenters. The second kappa shape index (κ2) is 13.3. The number of aldehydes is 1. The van der Waals surface area contributed by atoms with Crippen molar-refractivity contribution < 1.29 is 23.5 Å². The van der Waals surface area contributed by atoms with E-state index in [0.29, 0.717) is 55.1 Å². The first kappa shape index (κ1) is 26.8. The molecular weight excluding hydrogens is 462 g/mol. The predicted octanol–water partition coefficient (Wildman–Crippen LogP) is 4.45. The Morgan fingerprint density at radius 1 is 1.14 bits per heavy atom. The fraction of sp³-hybridized carbons (Fsp3) is 0.462. The summed E-state index contributed by atoms with van der Waals surface area (Å²) in [5.74, 6) is 0.630. The van der Waals surface area contributed by atoms with E-state index in [-0.39, 0.29) is 29.5 Å². The Balaban J connectivity index is 1.80. The number of esters is 1. The summed E-state index contributed by atoms with van der Waals surface area (Å²) in [4.78, 5) is 44.3. The quantitative estimate of drug-likeness (QED) is 0.197. The first-order valence-electron chi connectivity index (χ1n) is 12.4. The monoisotopic (exact) mass is 495 g/mol. The molecule has 2 heterocycles. The van der Waals surface area contributed by atoms with Crippen LogP contribution in [0.25, 0.3) is 22.8 Å². The summed E-state index contributed by atoms with van der Waals surface area (Å²) in [7, 11) is 0. The molecule has 10 heteroatoms. The first-order chi connectivity index (χ1) is 17.5. The van der Waals surface area contributed by atoms with Gasteiger partial charge in [-0.3, -0.25) is 14.4 Å². The fourth-order valence-corrected chi connectivity index (χ4v) is 3.74. The number of benzene rings is 1. The van der Waals surface area contributed by atoms with Crippen LogP contribution in [0.15, 0.2) is 34.9 Å². The van der Waals surface area contributed by atoms with Crippen LogP contribution in [-0.2, 0) is 16.1 Å². The molecule has 2 aromatic heterocycles. The lowest BCUT2D eigenvalue weighted by Gasteiger charge is -2.14. The molecule has 0 saturated heterocycles. The number of oxazole rings is 1. The highest BCUT2D eigenvalue weighted by molar-refractivity contribution is 5.91. The second-order valence-electron chi connectivity index (χ2n) is 8.35. The highest BCUT2D eigenvalue weighted by atomic mass is 16.5. The highest BCUT2D eigenvalue weighted by Crippen LogP contribution is 2.25. The molecule has 1 N–H and O–H groups in total. The van der Waals surface area contributed by atoms with E-state index < -0.39 is 0 Å². The Kier molecular flexibility index (Phi) is 9.91. The largest absolute Gasteiger partial charge is 0.466 e. The van der Waals surface area contributed by atoms with Crippen LogP contribution in [0, 0.1) is 0 Å². The number of amides is 1. The minimum Gasteiger partial charge on any atom is -0.466 e. The standard InChI is InChI=1S/C26H33N5O5/c1-4-20(5-2)28-25(34)24-29-23(30-31(24)14-9-7-8-13-22(33)35-6-3)18-11-10-12-19(15-18)26-27-16-21(17-32)36-26/h10-12,15-17,20H,4-9,13-14H2,1-3H3,(H,28,34). The van der Waals surface area contributed by atoms with Gasteiger partial charge in [-0.05, 0) is 44.7 Å². The van der Waals surface area contributed by atoms with E-state index in [1.54, 1.807) is 11.6 Å². The number of rotatable bonds is 14. The van der Waals surface area contributed by atoms with Gasteiger partial charge in [0.25, 0.3) is 5.91 Å². The van der Waals surface area contributed by atoms with Crippen LogP contribution in [0.2, 0.25) is 0 Å².